The quantitative estimate of drug-likeness (QED) is 0.564. The Morgan fingerprint density at radius 2 is 2.10 bits per heavy atom. The molecule has 0 aliphatic heterocycles. The molecule has 1 atom stereocenters. The predicted octanol–water partition coefficient (Wildman–Crippen LogP) is 0.632. The van der Waals surface area contributed by atoms with Gasteiger partial charge in [-0.25, -0.2) is 9.97 Å². The Hall–Kier alpha value is -1.16. The fourth-order valence-electron chi connectivity index (χ4n) is 0.495. The minimum absolute atomic E-state index is 0.130. The largest absolute Gasteiger partial charge is 0.431 e. The molecule has 0 bridgehead atoms. The van der Waals surface area contributed by atoms with Crippen molar-refractivity contribution in [2.24, 2.45) is 0 Å². The summed E-state index contributed by atoms with van der Waals surface area (Å²) in [7, 11) is 0. The lowest BCUT2D eigenvalue weighted by atomic mass is 10.7. The van der Waals surface area contributed by atoms with Crippen molar-refractivity contribution in [3.8, 4) is 6.01 Å². The molecule has 1 heterocycles. The van der Waals surface area contributed by atoms with Crippen LogP contribution in [0.3, 0.4) is 0 Å². The minimum Gasteiger partial charge on any atom is -0.431 e. The maximum atomic E-state index is 10.4. The fourth-order valence-corrected chi connectivity index (χ4v) is 0.495. The second kappa shape index (κ2) is 3.12. The lowest BCUT2D eigenvalue weighted by Crippen LogP contribution is -2.09. The molecule has 10 heavy (non-hydrogen) atoms. The van der Waals surface area contributed by atoms with E-state index in [-0.39, 0.29) is 6.01 Å². The Morgan fingerprint density at radius 3 is 2.60 bits per heavy atom. The summed E-state index contributed by atoms with van der Waals surface area (Å²) in [5, 5.41) is 10.4. The standard InChI is InChI=1S/C6H7N2O2/c1-5(9)10-6-7-3-2-4-8-6/h2-5H,1H3. The van der Waals surface area contributed by atoms with Crippen LogP contribution in [0, 0.1) is 0 Å². The first-order chi connectivity index (χ1) is 4.79. The summed E-state index contributed by atoms with van der Waals surface area (Å²) in [6.07, 6.45) is 1.93. The van der Waals surface area contributed by atoms with Gasteiger partial charge >= 0.3 is 6.01 Å². The van der Waals surface area contributed by atoms with Crippen LogP contribution < -0.4 is 4.74 Å². The highest BCUT2D eigenvalue weighted by Gasteiger charge is 1.99. The van der Waals surface area contributed by atoms with Crippen LogP contribution in [0.25, 0.3) is 0 Å². The van der Waals surface area contributed by atoms with Crippen LogP contribution in [0.15, 0.2) is 18.5 Å². The maximum Gasteiger partial charge on any atom is 0.318 e. The Balaban J connectivity index is 2.59. The molecule has 0 aliphatic carbocycles. The van der Waals surface area contributed by atoms with Gasteiger partial charge in [-0.1, -0.05) is 0 Å². The van der Waals surface area contributed by atoms with Crippen molar-refractivity contribution >= 4 is 0 Å². The SMILES string of the molecule is CC([O])Oc1ncccn1. The van der Waals surface area contributed by atoms with Gasteiger partial charge in [0.05, 0.1) is 0 Å². The topological polar surface area (TPSA) is 54.9 Å². The Kier molecular flexibility index (Phi) is 2.17. The van der Waals surface area contributed by atoms with E-state index in [1.165, 1.54) is 19.3 Å². The van der Waals surface area contributed by atoms with Crippen molar-refractivity contribution in [1.29, 1.82) is 0 Å². The highest BCUT2D eigenvalue weighted by molar-refractivity contribution is 4.92. The van der Waals surface area contributed by atoms with Crippen molar-refractivity contribution < 1.29 is 9.84 Å². The summed E-state index contributed by atoms with van der Waals surface area (Å²) in [5.41, 5.74) is 0. The summed E-state index contributed by atoms with van der Waals surface area (Å²) in [6.45, 7) is 1.39. The first-order valence-electron chi connectivity index (χ1n) is 2.88. The third kappa shape index (κ3) is 1.99. The zero-order valence-electron chi connectivity index (χ0n) is 5.52. The summed E-state index contributed by atoms with van der Waals surface area (Å²) in [6, 6.07) is 1.78. The molecule has 1 aromatic rings. The molecule has 1 unspecified atom stereocenters. The molecular formula is C6H7N2O2. The van der Waals surface area contributed by atoms with E-state index in [2.05, 4.69) is 14.7 Å². The summed E-state index contributed by atoms with van der Waals surface area (Å²) < 4.78 is 4.64. The summed E-state index contributed by atoms with van der Waals surface area (Å²) >= 11 is 0. The van der Waals surface area contributed by atoms with Gasteiger partial charge < -0.3 is 4.74 Å². The molecule has 0 N–H and O–H groups in total. The van der Waals surface area contributed by atoms with Gasteiger partial charge in [0.2, 0.25) is 6.29 Å². The second-order valence-electron chi connectivity index (χ2n) is 1.72. The number of rotatable bonds is 2. The Morgan fingerprint density at radius 1 is 1.50 bits per heavy atom. The van der Waals surface area contributed by atoms with Crippen LogP contribution in [0.2, 0.25) is 0 Å². The van der Waals surface area contributed by atoms with Crippen LogP contribution in [0.4, 0.5) is 0 Å². The van der Waals surface area contributed by atoms with Crippen molar-refractivity contribution in [1.82, 2.24) is 9.97 Å². The molecule has 0 amide bonds. The zero-order chi connectivity index (χ0) is 7.40. The summed E-state index contributed by atoms with van der Waals surface area (Å²) in [4.78, 5) is 7.37. The van der Waals surface area contributed by atoms with E-state index >= 15 is 0 Å². The average Bonchev–Trinajstić information content (AvgIpc) is 1.88. The van der Waals surface area contributed by atoms with Crippen molar-refractivity contribution in [3.63, 3.8) is 0 Å². The van der Waals surface area contributed by atoms with Crippen molar-refractivity contribution in [2.75, 3.05) is 0 Å². The Labute approximate surface area is 58.5 Å². The molecule has 0 fully saturated rings. The van der Waals surface area contributed by atoms with E-state index in [1.807, 2.05) is 0 Å². The van der Waals surface area contributed by atoms with Crippen LogP contribution in [0.5, 0.6) is 6.01 Å². The monoisotopic (exact) mass is 139 g/mol. The van der Waals surface area contributed by atoms with Gasteiger partial charge in [-0.2, -0.15) is 5.11 Å². The molecule has 1 rings (SSSR count). The minimum atomic E-state index is -1.11. The number of nitrogens with zero attached hydrogens (tertiary/aromatic N) is 2. The van der Waals surface area contributed by atoms with Crippen LogP contribution in [-0.2, 0) is 5.11 Å². The normalized spacial score (nSPS) is 12.6. The lowest BCUT2D eigenvalue weighted by molar-refractivity contribution is -0.0607. The first kappa shape index (κ1) is 6.95. The number of ether oxygens (including phenoxy) is 1. The smallest absolute Gasteiger partial charge is 0.318 e. The van der Waals surface area contributed by atoms with E-state index in [1.54, 1.807) is 6.07 Å². The molecule has 0 saturated carbocycles. The Bertz CT molecular complexity index is 188. The first-order valence-corrected chi connectivity index (χ1v) is 2.88. The van der Waals surface area contributed by atoms with Gasteiger partial charge in [0.15, 0.2) is 0 Å². The van der Waals surface area contributed by atoms with Crippen LogP contribution in [-0.4, -0.2) is 16.3 Å². The zero-order valence-corrected chi connectivity index (χ0v) is 5.52. The van der Waals surface area contributed by atoms with Gasteiger partial charge in [-0.15, -0.1) is 0 Å². The predicted molar refractivity (Wildman–Crippen MR) is 32.8 cm³/mol. The molecule has 1 radical (unpaired) electrons. The molecule has 0 aliphatic rings. The number of aromatic nitrogens is 2. The number of hydrogen-bond donors (Lipinski definition) is 0. The fraction of sp³-hybridized carbons (Fsp3) is 0.333. The highest BCUT2D eigenvalue weighted by Crippen LogP contribution is 1.99. The van der Waals surface area contributed by atoms with Gasteiger partial charge in [0.25, 0.3) is 0 Å². The molecule has 0 saturated heterocycles. The van der Waals surface area contributed by atoms with E-state index in [0.717, 1.165) is 0 Å². The molecule has 4 heteroatoms. The average molecular weight is 139 g/mol. The molecule has 0 spiro atoms. The molecule has 53 valence electrons. The molecular weight excluding hydrogens is 132 g/mol. The van der Waals surface area contributed by atoms with Gasteiger partial charge in [0.1, 0.15) is 0 Å². The maximum absolute atomic E-state index is 10.4. The van der Waals surface area contributed by atoms with Gasteiger partial charge in [-0.05, 0) is 6.07 Å². The second-order valence-corrected chi connectivity index (χ2v) is 1.72. The van der Waals surface area contributed by atoms with Crippen LogP contribution in [0.1, 0.15) is 6.92 Å². The van der Waals surface area contributed by atoms with E-state index in [9.17, 15) is 5.11 Å². The number of hydrogen-bond acceptors (Lipinski definition) is 3. The third-order valence-electron chi connectivity index (χ3n) is 0.813. The van der Waals surface area contributed by atoms with Crippen molar-refractivity contribution in [3.05, 3.63) is 18.5 Å². The molecule has 4 nitrogen and oxygen atoms in total. The van der Waals surface area contributed by atoms with Gasteiger partial charge in [0, 0.05) is 19.3 Å². The van der Waals surface area contributed by atoms with Crippen molar-refractivity contribution in [2.45, 2.75) is 13.2 Å². The van der Waals surface area contributed by atoms with Crippen LogP contribution >= 0.6 is 0 Å². The third-order valence-corrected chi connectivity index (χ3v) is 0.813. The van der Waals surface area contributed by atoms with E-state index in [4.69, 9.17) is 0 Å². The van der Waals surface area contributed by atoms with Gasteiger partial charge in [-0.3, -0.25) is 0 Å². The summed E-state index contributed by atoms with van der Waals surface area (Å²) in [5.74, 6) is 0. The highest BCUT2D eigenvalue weighted by atomic mass is 16.6. The van der Waals surface area contributed by atoms with E-state index < -0.39 is 6.29 Å². The lowest BCUT2D eigenvalue weighted by Gasteiger charge is -2.01. The molecule has 1 aromatic heterocycles. The van der Waals surface area contributed by atoms with E-state index in [0.29, 0.717) is 0 Å². The molecule has 0 aromatic carbocycles.